The van der Waals surface area contributed by atoms with E-state index < -0.39 is 11.7 Å². The minimum Gasteiger partial charge on any atom is -0.322 e. The van der Waals surface area contributed by atoms with Crippen LogP contribution in [0.15, 0.2) is 70.4 Å². The Morgan fingerprint density at radius 2 is 2.00 bits per heavy atom. The maximum atomic E-state index is 14.1. The molecule has 0 fully saturated rings. The second-order valence-electron chi connectivity index (χ2n) is 6.42. The summed E-state index contributed by atoms with van der Waals surface area (Å²) in [6.07, 6.45) is 1.62. The third-order valence-corrected chi connectivity index (χ3v) is 5.77. The fourth-order valence-electron chi connectivity index (χ4n) is 2.89. The Bertz CT molecular complexity index is 1230. The molecular weight excluding hydrogens is 474 g/mol. The number of carbonyl (C=O) groups excluding carboxylic acids is 1. The van der Waals surface area contributed by atoms with Crippen LogP contribution in [0.25, 0.3) is 11.2 Å². The van der Waals surface area contributed by atoms with Crippen molar-refractivity contribution in [2.75, 3.05) is 5.32 Å². The van der Waals surface area contributed by atoms with Crippen molar-refractivity contribution in [2.24, 2.45) is 0 Å². The van der Waals surface area contributed by atoms with E-state index in [9.17, 15) is 13.6 Å². The van der Waals surface area contributed by atoms with E-state index in [1.165, 1.54) is 36.0 Å². The fourth-order valence-corrected chi connectivity index (χ4v) is 4.17. The Morgan fingerprint density at radius 1 is 1.13 bits per heavy atom. The van der Waals surface area contributed by atoms with Crippen molar-refractivity contribution in [3.63, 3.8) is 0 Å². The quantitative estimate of drug-likeness (QED) is 0.369. The van der Waals surface area contributed by atoms with Gasteiger partial charge in [-0.05, 0) is 48.0 Å². The molecule has 2 aromatic carbocycles. The van der Waals surface area contributed by atoms with Crippen molar-refractivity contribution in [3.8, 4) is 0 Å². The van der Waals surface area contributed by atoms with E-state index in [2.05, 4.69) is 31.2 Å². The predicted molar refractivity (Wildman–Crippen MR) is 116 cm³/mol. The molecule has 0 atom stereocenters. The van der Waals surface area contributed by atoms with Crippen molar-refractivity contribution >= 4 is 50.5 Å². The lowest BCUT2D eigenvalue weighted by molar-refractivity contribution is -0.116. The number of pyridine rings is 1. The Labute approximate surface area is 183 Å². The zero-order valence-electron chi connectivity index (χ0n) is 15.5. The van der Waals surface area contributed by atoms with Gasteiger partial charge in [0, 0.05) is 16.4 Å². The summed E-state index contributed by atoms with van der Waals surface area (Å²) in [7, 11) is 0. The van der Waals surface area contributed by atoms with E-state index in [0.29, 0.717) is 26.5 Å². The summed E-state index contributed by atoms with van der Waals surface area (Å²) in [5.74, 6) is -0.774. The number of nitrogens with zero attached hydrogens (tertiary/aromatic N) is 3. The van der Waals surface area contributed by atoms with Crippen LogP contribution < -0.4 is 5.32 Å². The molecule has 0 aliphatic carbocycles. The van der Waals surface area contributed by atoms with Gasteiger partial charge in [0.2, 0.25) is 5.91 Å². The Kier molecular flexibility index (Phi) is 6.10. The molecule has 0 bridgehead atoms. The first kappa shape index (κ1) is 20.5. The summed E-state index contributed by atoms with van der Waals surface area (Å²) in [6.45, 7) is -0.0888. The van der Waals surface area contributed by atoms with Gasteiger partial charge >= 0.3 is 0 Å². The number of carbonyl (C=O) groups is 1. The zero-order valence-corrected chi connectivity index (χ0v) is 17.9. The molecule has 1 N–H and O–H groups in total. The van der Waals surface area contributed by atoms with Crippen LogP contribution in [0.3, 0.4) is 0 Å². The van der Waals surface area contributed by atoms with E-state index in [4.69, 9.17) is 0 Å². The lowest BCUT2D eigenvalue weighted by Crippen LogP contribution is -2.20. The third-order valence-electron chi connectivity index (χ3n) is 4.23. The highest BCUT2D eigenvalue weighted by atomic mass is 79.9. The molecule has 1 amide bonds. The minimum absolute atomic E-state index is 0.0888. The number of thioether (sulfide) groups is 1. The van der Waals surface area contributed by atoms with Crippen molar-refractivity contribution in [3.05, 3.63) is 82.5 Å². The first-order chi connectivity index (χ1) is 14.5. The van der Waals surface area contributed by atoms with Crippen LogP contribution >= 0.6 is 27.7 Å². The van der Waals surface area contributed by atoms with Gasteiger partial charge in [-0.2, -0.15) is 0 Å². The smallest absolute Gasteiger partial charge is 0.244 e. The number of amides is 1. The Morgan fingerprint density at radius 3 is 2.80 bits per heavy atom. The van der Waals surface area contributed by atoms with Crippen LogP contribution in [0.2, 0.25) is 0 Å². The fraction of sp³-hybridized carbons (Fsp3) is 0.0952. The molecular formula is C21H15BrF2N4OS. The minimum atomic E-state index is -0.535. The van der Waals surface area contributed by atoms with Crippen molar-refractivity contribution in [1.82, 2.24) is 14.5 Å². The molecule has 0 unspecified atom stereocenters. The van der Waals surface area contributed by atoms with Gasteiger partial charge in [-0.3, -0.25) is 9.36 Å². The van der Waals surface area contributed by atoms with Crippen molar-refractivity contribution in [1.29, 1.82) is 0 Å². The van der Waals surface area contributed by atoms with Gasteiger partial charge in [0.1, 0.15) is 23.7 Å². The number of nitrogens with one attached hydrogen (secondary N) is 1. The van der Waals surface area contributed by atoms with E-state index in [0.717, 1.165) is 5.56 Å². The normalized spacial score (nSPS) is 11.0. The summed E-state index contributed by atoms with van der Waals surface area (Å²) >= 11 is 4.56. The summed E-state index contributed by atoms with van der Waals surface area (Å²) in [5, 5.41) is 3.15. The maximum Gasteiger partial charge on any atom is 0.244 e. The number of fused-ring (bicyclic) bond motifs is 1. The molecule has 0 aliphatic heterocycles. The van der Waals surface area contributed by atoms with Gasteiger partial charge in [0.15, 0.2) is 10.8 Å². The first-order valence-electron chi connectivity index (χ1n) is 8.93. The highest BCUT2D eigenvalue weighted by Crippen LogP contribution is 2.26. The molecule has 0 saturated heterocycles. The maximum absolute atomic E-state index is 14.1. The SMILES string of the molecule is O=C(Cn1c(SCc2cccc(F)c2)nc2cccnc21)Nc1ccc(Br)cc1F. The van der Waals surface area contributed by atoms with Crippen LogP contribution in [-0.4, -0.2) is 20.4 Å². The third kappa shape index (κ3) is 4.68. The van der Waals surface area contributed by atoms with Gasteiger partial charge in [-0.15, -0.1) is 0 Å². The van der Waals surface area contributed by atoms with Crippen molar-refractivity contribution in [2.45, 2.75) is 17.5 Å². The standard InChI is InChI=1S/C21H15BrF2N4OS/c22-14-6-7-17(16(24)10-14)26-19(29)11-28-20-18(5-2-8-25-20)27-21(28)30-12-13-3-1-4-15(23)9-13/h1-10H,11-12H2,(H,26,29). The van der Waals surface area contributed by atoms with Crippen LogP contribution in [0.4, 0.5) is 14.5 Å². The summed E-state index contributed by atoms with van der Waals surface area (Å²) in [5.41, 5.74) is 2.08. The van der Waals surface area contributed by atoms with Gasteiger partial charge < -0.3 is 5.32 Å². The Balaban J connectivity index is 1.57. The molecule has 2 aromatic heterocycles. The van der Waals surface area contributed by atoms with Crippen LogP contribution in [0.5, 0.6) is 0 Å². The lowest BCUT2D eigenvalue weighted by Gasteiger charge is -2.10. The number of benzene rings is 2. The molecule has 2 heterocycles. The summed E-state index contributed by atoms with van der Waals surface area (Å²) < 4.78 is 29.8. The molecule has 0 aliphatic rings. The zero-order chi connectivity index (χ0) is 21.1. The molecule has 0 saturated carbocycles. The number of halogens is 3. The van der Waals surface area contributed by atoms with E-state index in [-0.39, 0.29) is 18.0 Å². The molecule has 4 aromatic rings. The predicted octanol–water partition coefficient (Wildman–Crippen LogP) is 5.40. The molecule has 9 heteroatoms. The summed E-state index contributed by atoms with van der Waals surface area (Å²) in [4.78, 5) is 21.5. The topological polar surface area (TPSA) is 59.8 Å². The second kappa shape index (κ2) is 8.93. The first-order valence-corrected chi connectivity index (χ1v) is 10.7. The number of hydrogen-bond acceptors (Lipinski definition) is 4. The van der Waals surface area contributed by atoms with Crippen LogP contribution in [0, 0.1) is 11.6 Å². The highest BCUT2D eigenvalue weighted by molar-refractivity contribution is 9.10. The molecule has 0 spiro atoms. The van der Waals surface area contributed by atoms with E-state index >= 15 is 0 Å². The molecule has 5 nitrogen and oxygen atoms in total. The van der Waals surface area contributed by atoms with E-state index in [1.807, 2.05) is 6.07 Å². The average molecular weight is 489 g/mol. The average Bonchev–Trinajstić information content (AvgIpc) is 3.06. The van der Waals surface area contributed by atoms with Gasteiger partial charge in [0.05, 0.1) is 5.69 Å². The number of imidazole rings is 1. The molecule has 0 radical (unpaired) electrons. The lowest BCUT2D eigenvalue weighted by atomic mass is 10.2. The monoisotopic (exact) mass is 488 g/mol. The summed E-state index contributed by atoms with van der Waals surface area (Å²) in [6, 6.07) is 14.3. The van der Waals surface area contributed by atoms with Gasteiger partial charge in [-0.25, -0.2) is 18.7 Å². The van der Waals surface area contributed by atoms with Crippen LogP contribution in [-0.2, 0) is 17.1 Å². The number of hydrogen-bond donors (Lipinski definition) is 1. The van der Waals surface area contributed by atoms with E-state index in [1.54, 1.807) is 35.0 Å². The van der Waals surface area contributed by atoms with Gasteiger partial charge in [-0.1, -0.05) is 39.8 Å². The van der Waals surface area contributed by atoms with Crippen LogP contribution in [0.1, 0.15) is 5.56 Å². The van der Waals surface area contributed by atoms with Gasteiger partial charge in [0.25, 0.3) is 0 Å². The molecule has 4 rings (SSSR count). The highest BCUT2D eigenvalue weighted by Gasteiger charge is 2.16. The largest absolute Gasteiger partial charge is 0.322 e. The molecule has 152 valence electrons. The second-order valence-corrected chi connectivity index (χ2v) is 8.28. The number of anilines is 1. The number of rotatable bonds is 6. The number of aromatic nitrogens is 3. The van der Waals surface area contributed by atoms with Crippen molar-refractivity contribution < 1.29 is 13.6 Å². The molecule has 30 heavy (non-hydrogen) atoms. The Hall–Kier alpha value is -2.78.